The third-order valence-electron chi connectivity index (χ3n) is 2.77. The van der Waals surface area contributed by atoms with Crippen LogP contribution >= 0.6 is 0 Å². The van der Waals surface area contributed by atoms with Gasteiger partial charge in [-0.25, -0.2) is 0 Å². The van der Waals surface area contributed by atoms with Gasteiger partial charge >= 0.3 is 0 Å². The first-order valence-corrected chi connectivity index (χ1v) is 4.93. The van der Waals surface area contributed by atoms with Gasteiger partial charge in [0.1, 0.15) is 0 Å². The number of aliphatic hydroxyl groups excluding tert-OH is 2. The highest BCUT2D eigenvalue weighted by Crippen LogP contribution is 2.25. The minimum atomic E-state index is -1.02. The minimum Gasteiger partial charge on any atom is -0.396 e. The molecule has 3 N–H and O–H groups in total. The van der Waals surface area contributed by atoms with Gasteiger partial charge < -0.3 is 15.3 Å². The molecule has 0 bridgehead atoms. The van der Waals surface area contributed by atoms with E-state index < -0.39 is 5.60 Å². The molecule has 0 aromatic heterocycles. The summed E-state index contributed by atoms with van der Waals surface area (Å²) in [6, 6.07) is 0. The molecule has 0 rings (SSSR count). The summed E-state index contributed by atoms with van der Waals surface area (Å²) in [5.41, 5.74) is -1.02. The van der Waals surface area contributed by atoms with Crippen molar-refractivity contribution in [1.82, 2.24) is 0 Å². The van der Waals surface area contributed by atoms with Crippen molar-refractivity contribution in [3.63, 3.8) is 0 Å². The minimum absolute atomic E-state index is 0.0668. The second kappa shape index (κ2) is 5.58. The molecule has 2 unspecified atom stereocenters. The molecule has 2 atom stereocenters. The van der Waals surface area contributed by atoms with Crippen molar-refractivity contribution in [1.29, 1.82) is 0 Å². The Labute approximate surface area is 80.4 Å². The lowest BCUT2D eigenvalue weighted by Crippen LogP contribution is -2.37. The van der Waals surface area contributed by atoms with Gasteiger partial charge in [0, 0.05) is 6.61 Å². The monoisotopic (exact) mass is 190 g/mol. The van der Waals surface area contributed by atoms with Crippen LogP contribution in [0, 0.1) is 11.8 Å². The highest BCUT2D eigenvalue weighted by atomic mass is 16.3. The van der Waals surface area contributed by atoms with Gasteiger partial charge in [-0.15, -0.1) is 0 Å². The first kappa shape index (κ1) is 12.9. The molecule has 80 valence electrons. The van der Waals surface area contributed by atoms with E-state index in [9.17, 15) is 5.11 Å². The van der Waals surface area contributed by atoms with E-state index in [1.54, 1.807) is 0 Å². The molecule has 0 aromatic rings. The summed E-state index contributed by atoms with van der Waals surface area (Å²) in [5, 5.41) is 27.9. The summed E-state index contributed by atoms with van der Waals surface area (Å²) in [5.74, 6) is 0.395. The first-order chi connectivity index (χ1) is 5.99. The van der Waals surface area contributed by atoms with Crippen molar-refractivity contribution in [2.24, 2.45) is 11.8 Å². The van der Waals surface area contributed by atoms with Crippen LogP contribution in [-0.4, -0.2) is 34.1 Å². The Balaban J connectivity index is 4.19. The SMILES string of the molecule is CCC(O)(CO)CC(CO)C(C)C. The predicted octanol–water partition coefficient (Wildman–Crippen LogP) is 0.774. The fraction of sp³-hybridized carbons (Fsp3) is 1.00. The zero-order chi connectivity index (χ0) is 10.5. The summed E-state index contributed by atoms with van der Waals surface area (Å²) < 4.78 is 0. The maximum atomic E-state index is 9.82. The van der Waals surface area contributed by atoms with E-state index in [1.807, 2.05) is 20.8 Å². The summed E-state index contributed by atoms with van der Waals surface area (Å²) >= 11 is 0. The van der Waals surface area contributed by atoms with Crippen LogP contribution in [0.2, 0.25) is 0 Å². The van der Waals surface area contributed by atoms with Crippen molar-refractivity contribution >= 4 is 0 Å². The van der Waals surface area contributed by atoms with Crippen LogP contribution in [0.15, 0.2) is 0 Å². The van der Waals surface area contributed by atoms with Crippen LogP contribution in [-0.2, 0) is 0 Å². The molecule has 3 heteroatoms. The van der Waals surface area contributed by atoms with Gasteiger partial charge in [0.05, 0.1) is 12.2 Å². The summed E-state index contributed by atoms with van der Waals surface area (Å²) in [6.07, 6.45) is 0.987. The van der Waals surface area contributed by atoms with E-state index in [0.717, 1.165) is 0 Å². The van der Waals surface area contributed by atoms with Gasteiger partial charge in [0.15, 0.2) is 0 Å². The molecule has 0 aliphatic rings. The van der Waals surface area contributed by atoms with Gasteiger partial charge in [-0.3, -0.25) is 0 Å². The molecule has 0 amide bonds. The summed E-state index contributed by atoms with van der Waals surface area (Å²) in [7, 11) is 0. The fourth-order valence-electron chi connectivity index (χ4n) is 1.32. The van der Waals surface area contributed by atoms with Crippen LogP contribution in [0.3, 0.4) is 0 Å². The molecular formula is C10H22O3. The van der Waals surface area contributed by atoms with E-state index in [-0.39, 0.29) is 19.1 Å². The molecular weight excluding hydrogens is 168 g/mol. The van der Waals surface area contributed by atoms with Gasteiger partial charge in [0.2, 0.25) is 0 Å². The lowest BCUT2D eigenvalue weighted by atomic mass is 9.83. The van der Waals surface area contributed by atoms with E-state index in [2.05, 4.69) is 0 Å². The van der Waals surface area contributed by atoms with Crippen molar-refractivity contribution in [2.45, 2.75) is 39.2 Å². The molecule has 0 radical (unpaired) electrons. The molecule has 0 saturated carbocycles. The van der Waals surface area contributed by atoms with Crippen LogP contribution in [0.4, 0.5) is 0 Å². The second-order valence-corrected chi connectivity index (χ2v) is 4.13. The van der Waals surface area contributed by atoms with E-state index in [0.29, 0.717) is 18.8 Å². The molecule has 3 nitrogen and oxygen atoms in total. The Morgan fingerprint density at radius 1 is 1.23 bits per heavy atom. The Hall–Kier alpha value is -0.120. The molecule has 0 heterocycles. The van der Waals surface area contributed by atoms with Gasteiger partial charge in [-0.2, -0.15) is 0 Å². The molecule has 0 aliphatic heterocycles. The Bertz CT molecular complexity index is 130. The lowest BCUT2D eigenvalue weighted by molar-refractivity contribution is -0.0470. The molecule has 0 spiro atoms. The zero-order valence-corrected chi connectivity index (χ0v) is 8.82. The summed E-state index contributed by atoms with van der Waals surface area (Å²) in [4.78, 5) is 0. The quantitative estimate of drug-likeness (QED) is 0.580. The topological polar surface area (TPSA) is 60.7 Å². The lowest BCUT2D eigenvalue weighted by Gasteiger charge is -2.30. The molecule has 0 aliphatic carbocycles. The highest BCUT2D eigenvalue weighted by molar-refractivity contribution is 4.80. The number of hydrogen-bond acceptors (Lipinski definition) is 3. The molecule has 13 heavy (non-hydrogen) atoms. The van der Waals surface area contributed by atoms with Crippen molar-refractivity contribution in [3.8, 4) is 0 Å². The average molecular weight is 190 g/mol. The largest absolute Gasteiger partial charge is 0.396 e. The third kappa shape index (κ3) is 4.07. The van der Waals surface area contributed by atoms with Crippen molar-refractivity contribution in [2.75, 3.05) is 13.2 Å². The van der Waals surface area contributed by atoms with Crippen molar-refractivity contribution in [3.05, 3.63) is 0 Å². The van der Waals surface area contributed by atoms with E-state index in [4.69, 9.17) is 10.2 Å². The smallest absolute Gasteiger partial charge is 0.0878 e. The molecule has 0 aromatic carbocycles. The van der Waals surface area contributed by atoms with Crippen molar-refractivity contribution < 1.29 is 15.3 Å². The molecule has 0 fully saturated rings. The van der Waals surface area contributed by atoms with Crippen LogP contribution in [0.5, 0.6) is 0 Å². The van der Waals surface area contributed by atoms with Gasteiger partial charge in [-0.1, -0.05) is 20.8 Å². The Kier molecular flexibility index (Phi) is 5.53. The Morgan fingerprint density at radius 2 is 1.77 bits per heavy atom. The maximum absolute atomic E-state index is 9.82. The first-order valence-electron chi connectivity index (χ1n) is 4.93. The maximum Gasteiger partial charge on any atom is 0.0878 e. The number of aliphatic hydroxyl groups is 3. The standard InChI is InChI=1S/C10H22O3/c1-4-10(13,7-12)5-9(6-11)8(2)3/h8-9,11-13H,4-7H2,1-3H3. The third-order valence-corrected chi connectivity index (χ3v) is 2.77. The average Bonchev–Trinajstić information content (AvgIpc) is 2.13. The second-order valence-electron chi connectivity index (χ2n) is 4.13. The van der Waals surface area contributed by atoms with E-state index in [1.165, 1.54) is 0 Å². The van der Waals surface area contributed by atoms with E-state index >= 15 is 0 Å². The predicted molar refractivity (Wildman–Crippen MR) is 52.4 cm³/mol. The molecule has 0 saturated heterocycles. The van der Waals surface area contributed by atoms with Crippen LogP contribution in [0.1, 0.15) is 33.6 Å². The highest BCUT2D eigenvalue weighted by Gasteiger charge is 2.28. The summed E-state index contributed by atoms with van der Waals surface area (Å²) in [6.45, 7) is 5.69. The van der Waals surface area contributed by atoms with Crippen LogP contribution in [0.25, 0.3) is 0 Å². The zero-order valence-electron chi connectivity index (χ0n) is 8.82. The van der Waals surface area contributed by atoms with Gasteiger partial charge in [0.25, 0.3) is 0 Å². The van der Waals surface area contributed by atoms with Crippen LogP contribution < -0.4 is 0 Å². The fourth-order valence-corrected chi connectivity index (χ4v) is 1.32. The Morgan fingerprint density at radius 3 is 2.00 bits per heavy atom. The normalized spacial score (nSPS) is 18.7. The number of rotatable bonds is 6. The van der Waals surface area contributed by atoms with Gasteiger partial charge in [-0.05, 0) is 24.7 Å². The number of hydrogen-bond donors (Lipinski definition) is 3.